The number of rotatable bonds is 4. The Kier molecular flexibility index (Phi) is 5.19. The summed E-state index contributed by atoms with van der Waals surface area (Å²) in [5.41, 5.74) is 5.10. The van der Waals surface area contributed by atoms with E-state index in [9.17, 15) is 4.79 Å². The molecule has 2 aromatic heterocycles. The number of hydrogen-bond acceptors (Lipinski definition) is 5. The molecule has 1 aliphatic heterocycles. The van der Waals surface area contributed by atoms with Crippen molar-refractivity contribution < 1.29 is 0 Å². The zero-order valence-corrected chi connectivity index (χ0v) is 17.1. The highest BCUT2D eigenvalue weighted by Crippen LogP contribution is 2.31. The maximum absolute atomic E-state index is 12.3. The first kappa shape index (κ1) is 19.1. The monoisotopic (exact) mass is 409 g/mol. The van der Waals surface area contributed by atoms with E-state index in [-0.39, 0.29) is 5.56 Å². The standard InChI is InChI=1S/C25H23N5O/c31-24-18-22(20-10-12-26-13-11-20)27-25(28-24)30-16-14-29(15-17-30)23-9-5-4-8-21(23)19-6-2-1-3-7-19/h1-13,18H,14-17H2,(H,27,28,31). The van der Waals surface area contributed by atoms with Gasteiger partial charge in [-0.3, -0.25) is 14.8 Å². The van der Waals surface area contributed by atoms with Crippen LogP contribution in [0.5, 0.6) is 0 Å². The number of nitrogens with zero attached hydrogens (tertiary/aromatic N) is 4. The van der Waals surface area contributed by atoms with E-state index in [4.69, 9.17) is 4.98 Å². The summed E-state index contributed by atoms with van der Waals surface area (Å²) in [4.78, 5) is 28.5. The molecule has 31 heavy (non-hydrogen) atoms. The molecule has 1 N–H and O–H groups in total. The summed E-state index contributed by atoms with van der Waals surface area (Å²) in [6, 6.07) is 24.3. The molecule has 0 amide bonds. The normalized spacial score (nSPS) is 13.9. The zero-order valence-electron chi connectivity index (χ0n) is 17.1. The zero-order chi connectivity index (χ0) is 21.0. The van der Waals surface area contributed by atoms with Gasteiger partial charge < -0.3 is 9.80 Å². The van der Waals surface area contributed by atoms with Gasteiger partial charge in [0.15, 0.2) is 0 Å². The second-order valence-electron chi connectivity index (χ2n) is 7.55. The molecule has 2 aromatic carbocycles. The Morgan fingerprint density at radius 2 is 1.42 bits per heavy atom. The Morgan fingerprint density at radius 1 is 0.742 bits per heavy atom. The van der Waals surface area contributed by atoms with Crippen LogP contribution >= 0.6 is 0 Å². The molecule has 1 fully saturated rings. The van der Waals surface area contributed by atoms with Crippen molar-refractivity contribution in [2.75, 3.05) is 36.0 Å². The minimum atomic E-state index is -0.145. The molecule has 6 heteroatoms. The highest BCUT2D eigenvalue weighted by atomic mass is 16.1. The smallest absolute Gasteiger partial charge is 0.252 e. The number of pyridine rings is 1. The van der Waals surface area contributed by atoms with Crippen molar-refractivity contribution in [1.82, 2.24) is 15.0 Å². The number of H-pyrrole nitrogens is 1. The molecule has 3 heterocycles. The summed E-state index contributed by atoms with van der Waals surface area (Å²) >= 11 is 0. The molecule has 5 rings (SSSR count). The summed E-state index contributed by atoms with van der Waals surface area (Å²) < 4.78 is 0. The molecule has 0 radical (unpaired) electrons. The molecule has 0 spiro atoms. The summed E-state index contributed by atoms with van der Waals surface area (Å²) in [7, 11) is 0. The van der Waals surface area contributed by atoms with Crippen LogP contribution in [0.4, 0.5) is 11.6 Å². The fourth-order valence-electron chi connectivity index (χ4n) is 4.04. The molecular weight excluding hydrogens is 386 g/mol. The van der Waals surface area contributed by atoms with E-state index >= 15 is 0 Å². The van der Waals surface area contributed by atoms with Gasteiger partial charge in [-0.05, 0) is 23.8 Å². The molecular formula is C25H23N5O. The first-order chi connectivity index (χ1) is 15.3. The largest absolute Gasteiger partial charge is 0.367 e. The van der Waals surface area contributed by atoms with E-state index in [1.165, 1.54) is 22.9 Å². The number of benzene rings is 2. The lowest BCUT2D eigenvalue weighted by atomic mass is 10.0. The molecule has 6 nitrogen and oxygen atoms in total. The molecule has 1 aliphatic rings. The van der Waals surface area contributed by atoms with Crippen LogP contribution in [0.3, 0.4) is 0 Å². The highest BCUT2D eigenvalue weighted by molar-refractivity contribution is 5.78. The van der Waals surface area contributed by atoms with Crippen molar-refractivity contribution in [1.29, 1.82) is 0 Å². The lowest BCUT2D eigenvalue weighted by molar-refractivity contribution is 0.640. The van der Waals surface area contributed by atoms with E-state index in [1.807, 2.05) is 18.2 Å². The quantitative estimate of drug-likeness (QED) is 0.555. The van der Waals surface area contributed by atoms with Crippen molar-refractivity contribution in [3.63, 3.8) is 0 Å². The molecule has 0 bridgehead atoms. The summed E-state index contributed by atoms with van der Waals surface area (Å²) in [6.07, 6.45) is 3.42. The van der Waals surface area contributed by atoms with E-state index < -0.39 is 0 Å². The second kappa shape index (κ2) is 8.44. The topological polar surface area (TPSA) is 65.1 Å². The maximum Gasteiger partial charge on any atom is 0.252 e. The third-order valence-corrected chi connectivity index (χ3v) is 5.61. The van der Waals surface area contributed by atoms with Crippen molar-refractivity contribution >= 4 is 11.6 Å². The van der Waals surface area contributed by atoms with Gasteiger partial charge in [0.05, 0.1) is 5.69 Å². The van der Waals surface area contributed by atoms with E-state index in [0.717, 1.165) is 31.7 Å². The first-order valence-electron chi connectivity index (χ1n) is 10.4. The number of aromatic nitrogens is 3. The molecule has 0 aliphatic carbocycles. The van der Waals surface area contributed by atoms with E-state index in [2.05, 4.69) is 68.3 Å². The minimum Gasteiger partial charge on any atom is -0.367 e. The van der Waals surface area contributed by atoms with E-state index in [0.29, 0.717) is 11.6 Å². The third-order valence-electron chi connectivity index (χ3n) is 5.61. The van der Waals surface area contributed by atoms with Gasteiger partial charge in [0.25, 0.3) is 5.56 Å². The Labute approximate surface area is 180 Å². The van der Waals surface area contributed by atoms with Crippen molar-refractivity contribution in [3.8, 4) is 22.4 Å². The maximum atomic E-state index is 12.3. The summed E-state index contributed by atoms with van der Waals surface area (Å²) in [5.74, 6) is 0.621. The van der Waals surface area contributed by atoms with Gasteiger partial charge in [-0.15, -0.1) is 0 Å². The van der Waals surface area contributed by atoms with Crippen LogP contribution in [0.15, 0.2) is 90.0 Å². The van der Waals surface area contributed by atoms with Crippen LogP contribution in [0.25, 0.3) is 22.4 Å². The van der Waals surface area contributed by atoms with Gasteiger partial charge in [0, 0.05) is 61.5 Å². The second-order valence-corrected chi connectivity index (χ2v) is 7.55. The predicted molar refractivity (Wildman–Crippen MR) is 124 cm³/mol. The van der Waals surface area contributed by atoms with Crippen LogP contribution in [0, 0.1) is 0 Å². The number of para-hydroxylation sites is 1. The number of piperazine rings is 1. The number of aromatic amines is 1. The lowest BCUT2D eigenvalue weighted by Crippen LogP contribution is -2.47. The summed E-state index contributed by atoms with van der Waals surface area (Å²) in [5, 5.41) is 0. The Balaban J connectivity index is 1.37. The molecule has 1 saturated heterocycles. The van der Waals surface area contributed by atoms with Crippen LogP contribution in [0.1, 0.15) is 0 Å². The SMILES string of the molecule is O=c1cc(-c2ccncc2)nc(N2CCN(c3ccccc3-c3ccccc3)CC2)[nH]1. The first-order valence-corrected chi connectivity index (χ1v) is 10.4. The van der Waals surface area contributed by atoms with Gasteiger partial charge >= 0.3 is 0 Å². The Morgan fingerprint density at radius 3 is 2.19 bits per heavy atom. The fraction of sp³-hybridized carbons (Fsp3) is 0.160. The van der Waals surface area contributed by atoms with Crippen molar-refractivity contribution in [2.24, 2.45) is 0 Å². The minimum absolute atomic E-state index is 0.145. The molecule has 0 saturated carbocycles. The van der Waals surface area contributed by atoms with Gasteiger partial charge in [-0.25, -0.2) is 4.98 Å². The molecule has 154 valence electrons. The van der Waals surface area contributed by atoms with Crippen LogP contribution in [0.2, 0.25) is 0 Å². The van der Waals surface area contributed by atoms with Gasteiger partial charge in [0.1, 0.15) is 0 Å². The lowest BCUT2D eigenvalue weighted by Gasteiger charge is -2.37. The number of anilines is 2. The van der Waals surface area contributed by atoms with Crippen LogP contribution < -0.4 is 15.4 Å². The summed E-state index contributed by atoms with van der Waals surface area (Å²) in [6.45, 7) is 3.28. The molecule has 4 aromatic rings. The van der Waals surface area contributed by atoms with Crippen LogP contribution in [-0.4, -0.2) is 41.1 Å². The molecule has 0 unspecified atom stereocenters. The average molecular weight is 409 g/mol. The van der Waals surface area contributed by atoms with Crippen molar-refractivity contribution in [2.45, 2.75) is 0 Å². The third kappa shape index (κ3) is 4.05. The van der Waals surface area contributed by atoms with Gasteiger partial charge in [-0.1, -0.05) is 48.5 Å². The molecule has 0 atom stereocenters. The van der Waals surface area contributed by atoms with E-state index in [1.54, 1.807) is 12.4 Å². The van der Waals surface area contributed by atoms with Crippen LogP contribution in [-0.2, 0) is 0 Å². The number of nitrogens with one attached hydrogen (secondary N) is 1. The Bertz CT molecular complexity index is 1220. The number of hydrogen-bond donors (Lipinski definition) is 1. The highest BCUT2D eigenvalue weighted by Gasteiger charge is 2.21. The van der Waals surface area contributed by atoms with Gasteiger partial charge in [0.2, 0.25) is 5.95 Å². The van der Waals surface area contributed by atoms with Crippen molar-refractivity contribution in [3.05, 3.63) is 95.5 Å². The fourth-order valence-corrected chi connectivity index (χ4v) is 4.04. The predicted octanol–water partition coefficient (Wildman–Crippen LogP) is 3.83. The Hall–Kier alpha value is -3.93. The average Bonchev–Trinajstić information content (AvgIpc) is 2.85. The van der Waals surface area contributed by atoms with Gasteiger partial charge in [-0.2, -0.15) is 0 Å².